The second-order valence-corrected chi connectivity index (χ2v) is 9.74. The molecule has 0 aliphatic heterocycles. The molecule has 1 saturated carbocycles. The molecule has 1 amide bonds. The van der Waals surface area contributed by atoms with E-state index < -0.39 is 0 Å². The Morgan fingerprint density at radius 3 is 2.70 bits per heavy atom. The van der Waals surface area contributed by atoms with Crippen LogP contribution in [-0.2, 0) is 29.6 Å². The van der Waals surface area contributed by atoms with Crippen LogP contribution in [0, 0.1) is 0 Å². The largest absolute Gasteiger partial charge is 0.355 e. The number of amides is 1. The zero-order chi connectivity index (χ0) is 20.6. The highest BCUT2D eigenvalue weighted by atomic mass is 32.1. The van der Waals surface area contributed by atoms with Crippen molar-refractivity contribution in [3.8, 4) is 0 Å². The predicted octanol–water partition coefficient (Wildman–Crippen LogP) is 3.97. The summed E-state index contributed by atoms with van der Waals surface area (Å²) in [5, 5.41) is 3.91. The SMILES string of the molecule is O=C(CCn1cnc2sc3c(c2c1=O)CCCC3)NCC1(c2ccccc2)CCC1. The number of hydrogen-bond acceptors (Lipinski definition) is 4. The Bertz CT molecular complexity index is 1130. The maximum absolute atomic E-state index is 13.0. The van der Waals surface area contributed by atoms with Crippen molar-refractivity contribution < 1.29 is 4.79 Å². The number of hydrogen-bond donors (Lipinski definition) is 1. The third-order valence-electron chi connectivity index (χ3n) is 6.84. The standard InChI is InChI=1S/C24H27N3O2S/c28-20(25-15-24(12-6-13-24)17-7-2-1-3-8-17)11-14-27-16-26-22-21(23(27)29)18-9-4-5-10-19(18)30-22/h1-3,7-8,16H,4-6,9-15H2,(H,25,28). The average Bonchev–Trinajstić information content (AvgIpc) is 3.12. The monoisotopic (exact) mass is 421 g/mol. The van der Waals surface area contributed by atoms with Gasteiger partial charge in [0.1, 0.15) is 4.83 Å². The smallest absolute Gasteiger partial charge is 0.262 e. The van der Waals surface area contributed by atoms with Crippen molar-refractivity contribution in [3.63, 3.8) is 0 Å². The molecule has 2 heterocycles. The van der Waals surface area contributed by atoms with Gasteiger partial charge in [-0.2, -0.15) is 0 Å². The van der Waals surface area contributed by atoms with Gasteiger partial charge >= 0.3 is 0 Å². The van der Waals surface area contributed by atoms with Gasteiger partial charge in [-0.15, -0.1) is 11.3 Å². The molecule has 2 aliphatic carbocycles. The van der Waals surface area contributed by atoms with Crippen molar-refractivity contribution in [2.75, 3.05) is 6.54 Å². The normalized spacial score (nSPS) is 17.3. The molecule has 0 unspecified atom stereocenters. The van der Waals surface area contributed by atoms with E-state index in [1.807, 2.05) is 6.07 Å². The third kappa shape index (κ3) is 3.47. The van der Waals surface area contributed by atoms with Crippen LogP contribution in [0.5, 0.6) is 0 Å². The van der Waals surface area contributed by atoms with Gasteiger partial charge in [-0.1, -0.05) is 36.8 Å². The molecule has 0 bridgehead atoms. The summed E-state index contributed by atoms with van der Waals surface area (Å²) in [5.41, 5.74) is 2.59. The lowest BCUT2D eigenvalue weighted by molar-refractivity contribution is -0.121. The summed E-state index contributed by atoms with van der Waals surface area (Å²) in [6, 6.07) is 10.5. The van der Waals surface area contributed by atoms with Crippen molar-refractivity contribution in [1.29, 1.82) is 0 Å². The van der Waals surface area contributed by atoms with E-state index in [-0.39, 0.29) is 16.9 Å². The van der Waals surface area contributed by atoms with Crippen LogP contribution in [0.15, 0.2) is 41.5 Å². The lowest BCUT2D eigenvalue weighted by Crippen LogP contribution is -2.45. The number of carbonyl (C=O) groups is 1. The molecule has 0 radical (unpaired) electrons. The molecule has 3 aromatic rings. The van der Waals surface area contributed by atoms with Crippen LogP contribution >= 0.6 is 11.3 Å². The fraction of sp³-hybridized carbons (Fsp3) is 0.458. The van der Waals surface area contributed by atoms with Gasteiger partial charge in [0.25, 0.3) is 5.56 Å². The third-order valence-corrected chi connectivity index (χ3v) is 8.04. The van der Waals surface area contributed by atoms with Crippen LogP contribution in [0.4, 0.5) is 0 Å². The minimum absolute atomic E-state index is 0.00319. The molecule has 5 nitrogen and oxygen atoms in total. The predicted molar refractivity (Wildman–Crippen MR) is 120 cm³/mol. The summed E-state index contributed by atoms with van der Waals surface area (Å²) in [6.45, 7) is 1.04. The van der Waals surface area contributed by atoms with Gasteiger partial charge < -0.3 is 5.32 Å². The van der Waals surface area contributed by atoms with Crippen molar-refractivity contribution in [1.82, 2.24) is 14.9 Å². The number of nitrogens with zero attached hydrogens (tertiary/aromatic N) is 2. The van der Waals surface area contributed by atoms with E-state index >= 15 is 0 Å². The van der Waals surface area contributed by atoms with Crippen molar-refractivity contribution >= 4 is 27.5 Å². The number of aromatic nitrogens is 2. The molecule has 156 valence electrons. The summed E-state index contributed by atoms with van der Waals surface area (Å²) in [7, 11) is 0. The van der Waals surface area contributed by atoms with Gasteiger partial charge in [-0.3, -0.25) is 14.2 Å². The fourth-order valence-electron chi connectivity index (χ4n) is 4.88. The summed E-state index contributed by atoms with van der Waals surface area (Å²) < 4.78 is 1.61. The lowest BCUT2D eigenvalue weighted by Gasteiger charge is -2.42. The Morgan fingerprint density at radius 2 is 1.93 bits per heavy atom. The van der Waals surface area contributed by atoms with E-state index in [4.69, 9.17) is 0 Å². The van der Waals surface area contributed by atoms with Gasteiger partial charge in [0.15, 0.2) is 0 Å². The molecule has 0 spiro atoms. The Hall–Kier alpha value is -2.47. The molecule has 2 aliphatic rings. The minimum atomic E-state index is -0.00319. The average molecular weight is 422 g/mol. The second kappa shape index (κ2) is 7.99. The Morgan fingerprint density at radius 1 is 1.13 bits per heavy atom. The maximum atomic E-state index is 13.0. The molecule has 30 heavy (non-hydrogen) atoms. The topological polar surface area (TPSA) is 64.0 Å². The first kappa shape index (κ1) is 19.5. The molecule has 0 saturated heterocycles. The summed E-state index contributed by atoms with van der Waals surface area (Å²) in [5.74, 6) is -0.00319. The van der Waals surface area contributed by atoms with E-state index in [2.05, 4.69) is 34.6 Å². The van der Waals surface area contributed by atoms with E-state index in [1.54, 1.807) is 22.2 Å². The quantitative estimate of drug-likeness (QED) is 0.655. The number of benzene rings is 1. The number of fused-ring (bicyclic) bond motifs is 3. The molecule has 6 heteroatoms. The van der Waals surface area contributed by atoms with E-state index in [0.717, 1.165) is 42.3 Å². The van der Waals surface area contributed by atoms with Crippen molar-refractivity contribution in [2.45, 2.75) is 63.3 Å². The molecule has 1 fully saturated rings. The number of thiophene rings is 1. The lowest BCUT2D eigenvalue weighted by atomic mass is 9.64. The molecular weight excluding hydrogens is 394 g/mol. The van der Waals surface area contributed by atoms with E-state index in [9.17, 15) is 9.59 Å². The van der Waals surface area contributed by atoms with Gasteiger partial charge in [0, 0.05) is 29.8 Å². The number of nitrogens with one attached hydrogen (secondary N) is 1. The first-order chi connectivity index (χ1) is 14.7. The molecule has 1 aromatic carbocycles. The van der Waals surface area contributed by atoms with E-state index in [0.29, 0.717) is 19.5 Å². The zero-order valence-electron chi connectivity index (χ0n) is 17.2. The van der Waals surface area contributed by atoms with Crippen LogP contribution in [-0.4, -0.2) is 22.0 Å². The zero-order valence-corrected chi connectivity index (χ0v) is 18.0. The van der Waals surface area contributed by atoms with Crippen LogP contribution < -0.4 is 10.9 Å². The molecule has 2 aromatic heterocycles. The van der Waals surface area contributed by atoms with E-state index in [1.165, 1.54) is 28.8 Å². The molecule has 0 atom stereocenters. The Labute approximate surface area is 180 Å². The van der Waals surface area contributed by atoms with Crippen LogP contribution in [0.2, 0.25) is 0 Å². The van der Waals surface area contributed by atoms with Crippen LogP contribution in [0.1, 0.15) is 54.5 Å². The first-order valence-corrected chi connectivity index (χ1v) is 11.8. The summed E-state index contributed by atoms with van der Waals surface area (Å²) in [6.07, 6.45) is 9.69. The number of aryl methyl sites for hydroxylation is 3. The molecule has 5 rings (SSSR count). The van der Waals surface area contributed by atoms with Crippen LogP contribution in [0.25, 0.3) is 10.2 Å². The van der Waals surface area contributed by atoms with Crippen molar-refractivity contribution in [3.05, 3.63) is 63.0 Å². The fourth-order valence-corrected chi connectivity index (χ4v) is 6.10. The first-order valence-electron chi connectivity index (χ1n) is 11.0. The summed E-state index contributed by atoms with van der Waals surface area (Å²) >= 11 is 1.66. The highest BCUT2D eigenvalue weighted by Crippen LogP contribution is 2.43. The summed E-state index contributed by atoms with van der Waals surface area (Å²) in [4.78, 5) is 32.3. The Kier molecular flexibility index (Phi) is 5.19. The Balaban J connectivity index is 1.25. The molecule has 1 N–H and O–H groups in total. The van der Waals surface area contributed by atoms with Crippen LogP contribution in [0.3, 0.4) is 0 Å². The highest BCUT2D eigenvalue weighted by Gasteiger charge is 2.38. The van der Waals surface area contributed by atoms with Gasteiger partial charge in [0.2, 0.25) is 5.91 Å². The van der Waals surface area contributed by atoms with Gasteiger partial charge in [0.05, 0.1) is 11.7 Å². The maximum Gasteiger partial charge on any atom is 0.262 e. The second-order valence-electron chi connectivity index (χ2n) is 8.66. The highest BCUT2D eigenvalue weighted by molar-refractivity contribution is 7.18. The van der Waals surface area contributed by atoms with Gasteiger partial charge in [-0.25, -0.2) is 4.98 Å². The molecular formula is C24H27N3O2S. The number of carbonyl (C=O) groups excluding carboxylic acids is 1. The number of rotatable bonds is 6. The van der Waals surface area contributed by atoms with Crippen molar-refractivity contribution in [2.24, 2.45) is 0 Å². The minimum Gasteiger partial charge on any atom is -0.355 e. The van der Waals surface area contributed by atoms with Gasteiger partial charge in [-0.05, 0) is 49.7 Å².